The third kappa shape index (κ3) is 3.32. The van der Waals surface area contributed by atoms with Crippen LogP contribution in [0.2, 0.25) is 0 Å². The third-order valence-corrected chi connectivity index (χ3v) is 2.89. The Bertz CT molecular complexity index is 651. The van der Waals surface area contributed by atoms with Crippen LogP contribution >= 0.6 is 0 Å². The molecule has 0 bridgehead atoms. The van der Waals surface area contributed by atoms with Gasteiger partial charge in [0.2, 0.25) is 0 Å². The summed E-state index contributed by atoms with van der Waals surface area (Å²) in [5, 5.41) is 0. The molecule has 0 aliphatic carbocycles. The number of rotatable bonds is 4. The topological polar surface area (TPSA) is 89.5 Å². The van der Waals surface area contributed by atoms with Gasteiger partial charge < -0.3 is 9.47 Å². The number of benzene rings is 1. The highest BCUT2D eigenvalue weighted by molar-refractivity contribution is 6.02. The summed E-state index contributed by atoms with van der Waals surface area (Å²) in [7, 11) is 2.89. The van der Waals surface area contributed by atoms with Gasteiger partial charge in [0, 0.05) is 18.0 Å². The van der Waals surface area contributed by atoms with Crippen LogP contribution in [0, 0.1) is 0 Å². The van der Waals surface area contributed by atoms with Gasteiger partial charge in [0.15, 0.2) is 0 Å². The van der Waals surface area contributed by atoms with E-state index in [0.717, 1.165) is 0 Å². The molecule has 0 saturated heterocycles. The van der Waals surface area contributed by atoms with Crippen molar-refractivity contribution >= 4 is 11.8 Å². The van der Waals surface area contributed by atoms with Crippen molar-refractivity contribution in [2.24, 2.45) is 0 Å². The van der Waals surface area contributed by atoms with Crippen LogP contribution < -0.4 is 20.3 Å². The summed E-state index contributed by atoms with van der Waals surface area (Å²) in [5.41, 5.74) is 5.22. The average molecular weight is 301 g/mol. The first-order valence-electron chi connectivity index (χ1n) is 6.39. The zero-order valence-corrected chi connectivity index (χ0v) is 12.1. The SMILES string of the molecule is COc1cccc(OC)c1C(=O)NNC(=O)c1ccncc1. The number of hydrogen-bond donors (Lipinski definition) is 2. The first-order chi connectivity index (χ1) is 10.7. The maximum absolute atomic E-state index is 12.2. The third-order valence-electron chi connectivity index (χ3n) is 2.89. The summed E-state index contributed by atoms with van der Waals surface area (Å²) in [6.07, 6.45) is 2.97. The van der Waals surface area contributed by atoms with Crippen molar-refractivity contribution in [2.75, 3.05) is 14.2 Å². The van der Waals surface area contributed by atoms with Gasteiger partial charge in [0.25, 0.3) is 11.8 Å². The van der Waals surface area contributed by atoms with Gasteiger partial charge in [-0.2, -0.15) is 0 Å². The lowest BCUT2D eigenvalue weighted by atomic mass is 10.1. The van der Waals surface area contributed by atoms with E-state index >= 15 is 0 Å². The van der Waals surface area contributed by atoms with Gasteiger partial charge in [0.05, 0.1) is 14.2 Å². The molecule has 22 heavy (non-hydrogen) atoms. The molecule has 114 valence electrons. The Kier molecular flexibility index (Phi) is 4.92. The van der Waals surface area contributed by atoms with Gasteiger partial charge in [-0.1, -0.05) is 6.07 Å². The lowest BCUT2D eigenvalue weighted by Gasteiger charge is -2.13. The summed E-state index contributed by atoms with van der Waals surface area (Å²) in [5.74, 6) is -0.314. The molecule has 0 radical (unpaired) electrons. The van der Waals surface area contributed by atoms with Crippen molar-refractivity contribution in [2.45, 2.75) is 0 Å². The van der Waals surface area contributed by atoms with E-state index in [1.54, 1.807) is 18.2 Å². The van der Waals surface area contributed by atoms with Gasteiger partial charge in [-0.15, -0.1) is 0 Å². The lowest BCUT2D eigenvalue weighted by Crippen LogP contribution is -2.41. The Labute approximate surface area is 127 Å². The van der Waals surface area contributed by atoms with Crippen molar-refractivity contribution in [3.05, 3.63) is 53.9 Å². The largest absolute Gasteiger partial charge is 0.496 e. The number of nitrogens with one attached hydrogen (secondary N) is 2. The molecule has 1 aromatic heterocycles. The van der Waals surface area contributed by atoms with Crippen LogP contribution in [-0.4, -0.2) is 31.0 Å². The number of hydrazine groups is 1. The number of amides is 2. The minimum atomic E-state index is -0.545. The highest BCUT2D eigenvalue weighted by atomic mass is 16.5. The van der Waals surface area contributed by atoms with Crippen molar-refractivity contribution in [1.29, 1.82) is 0 Å². The van der Waals surface area contributed by atoms with Crippen LogP contribution in [0.5, 0.6) is 11.5 Å². The molecule has 2 N–H and O–H groups in total. The van der Waals surface area contributed by atoms with E-state index in [2.05, 4.69) is 15.8 Å². The maximum atomic E-state index is 12.2. The Morgan fingerprint density at radius 3 is 2.00 bits per heavy atom. The van der Waals surface area contributed by atoms with Gasteiger partial charge >= 0.3 is 0 Å². The van der Waals surface area contributed by atoms with Crippen LogP contribution in [0.4, 0.5) is 0 Å². The van der Waals surface area contributed by atoms with Gasteiger partial charge in [0.1, 0.15) is 17.1 Å². The van der Waals surface area contributed by atoms with E-state index in [9.17, 15) is 9.59 Å². The van der Waals surface area contributed by atoms with E-state index in [4.69, 9.17) is 9.47 Å². The second-order valence-corrected chi connectivity index (χ2v) is 4.18. The Balaban J connectivity index is 2.12. The fourth-order valence-electron chi connectivity index (χ4n) is 1.83. The molecule has 7 nitrogen and oxygen atoms in total. The molecule has 0 atom stereocenters. The molecular weight excluding hydrogens is 286 g/mol. The summed E-state index contributed by atoms with van der Waals surface area (Å²) < 4.78 is 10.3. The normalized spacial score (nSPS) is 9.73. The highest BCUT2D eigenvalue weighted by Crippen LogP contribution is 2.27. The molecule has 0 aliphatic rings. The molecule has 0 saturated carbocycles. The molecule has 2 aromatic rings. The molecular formula is C15H15N3O4. The van der Waals surface area contributed by atoms with Crippen molar-refractivity contribution in [3.63, 3.8) is 0 Å². The minimum Gasteiger partial charge on any atom is -0.496 e. The zero-order chi connectivity index (χ0) is 15.9. The first-order valence-corrected chi connectivity index (χ1v) is 6.39. The summed E-state index contributed by atoms with van der Waals surface area (Å²) in [4.78, 5) is 27.9. The second-order valence-electron chi connectivity index (χ2n) is 4.18. The number of hydrogen-bond acceptors (Lipinski definition) is 5. The fourth-order valence-corrected chi connectivity index (χ4v) is 1.83. The van der Waals surface area contributed by atoms with E-state index < -0.39 is 11.8 Å². The molecule has 0 spiro atoms. The Morgan fingerprint density at radius 2 is 1.45 bits per heavy atom. The maximum Gasteiger partial charge on any atom is 0.277 e. The molecule has 0 aliphatic heterocycles. The Morgan fingerprint density at radius 1 is 0.909 bits per heavy atom. The monoisotopic (exact) mass is 301 g/mol. The van der Waals surface area contributed by atoms with Gasteiger partial charge in [-0.05, 0) is 24.3 Å². The average Bonchev–Trinajstić information content (AvgIpc) is 2.59. The van der Waals surface area contributed by atoms with E-state index in [-0.39, 0.29) is 5.56 Å². The highest BCUT2D eigenvalue weighted by Gasteiger charge is 2.18. The van der Waals surface area contributed by atoms with Crippen molar-refractivity contribution < 1.29 is 19.1 Å². The minimum absolute atomic E-state index is 0.197. The predicted molar refractivity (Wildman–Crippen MR) is 78.7 cm³/mol. The van der Waals surface area contributed by atoms with Crippen LogP contribution in [0.15, 0.2) is 42.7 Å². The predicted octanol–water partition coefficient (Wildman–Crippen LogP) is 1.17. The smallest absolute Gasteiger partial charge is 0.277 e. The standard InChI is InChI=1S/C15H15N3O4/c1-21-11-4-3-5-12(22-2)13(11)15(20)18-17-14(19)10-6-8-16-9-7-10/h3-9H,1-2H3,(H,17,19)(H,18,20). The summed E-state index contributed by atoms with van der Waals surface area (Å²) >= 11 is 0. The number of aromatic nitrogens is 1. The fraction of sp³-hybridized carbons (Fsp3) is 0.133. The first kappa shape index (κ1) is 15.3. The Hall–Kier alpha value is -3.09. The van der Waals surface area contributed by atoms with Crippen molar-refractivity contribution in [3.8, 4) is 11.5 Å². The molecule has 0 fully saturated rings. The van der Waals surface area contributed by atoms with Gasteiger partial charge in [-0.25, -0.2) is 0 Å². The van der Waals surface area contributed by atoms with E-state index in [1.165, 1.54) is 38.7 Å². The van der Waals surface area contributed by atoms with E-state index in [1.807, 2.05) is 0 Å². The number of pyridine rings is 1. The van der Waals surface area contributed by atoms with Crippen LogP contribution in [-0.2, 0) is 0 Å². The van der Waals surface area contributed by atoms with Crippen LogP contribution in [0.3, 0.4) is 0 Å². The zero-order valence-electron chi connectivity index (χ0n) is 12.1. The number of ether oxygens (including phenoxy) is 2. The van der Waals surface area contributed by atoms with Crippen LogP contribution in [0.1, 0.15) is 20.7 Å². The quantitative estimate of drug-likeness (QED) is 0.828. The molecule has 0 unspecified atom stereocenters. The molecule has 7 heteroatoms. The number of nitrogens with zero attached hydrogens (tertiary/aromatic N) is 1. The summed E-state index contributed by atoms with van der Waals surface area (Å²) in [6.45, 7) is 0. The number of carbonyl (C=O) groups is 2. The summed E-state index contributed by atoms with van der Waals surface area (Å²) in [6, 6.07) is 8.02. The van der Waals surface area contributed by atoms with Gasteiger partial charge in [-0.3, -0.25) is 25.4 Å². The lowest BCUT2D eigenvalue weighted by molar-refractivity contribution is 0.0843. The number of methoxy groups -OCH3 is 2. The van der Waals surface area contributed by atoms with Crippen molar-refractivity contribution in [1.82, 2.24) is 15.8 Å². The number of carbonyl (C=O) groups excluding carboxylic acids is 2. The second kappa shape index (κ2) is 7.07. The molecule has 1 heterocycles. The molecule has 2 amide bonds. The van der Waals surface area contributed by atoms with E-state index in [0.29, 0.717) is 17.1 Å². The van der Waals surface area contributed by atoms with Crippen LogP contribution in [0.25, 0.3) is 0 Å². The molecule has 1 aromatic carbocycles. The molecule has 2 rings (SSSR count).